The number of amides is 2. The number of aryl methyl sites for hydroxylation is 3. The second-order valence-electron chi connectivity index (χ2n) is 10.1. The normalized spacial score (nSPS) is 17.9. The molecule has 0 N–H and O–H groups in total. The minimum atomic E-state index is -1.74. The summed E-state index contributed by atoms with van der Waals surface area (Å²) in [6, 6.07) is 18.9. The van der Waals surface area contributed by atoms with Crippen molar-refractivity contribution in [2.24, 2.45) is 0 Å². The SMILES string of the molecule is Cc1ccc(CN2C(=O)C3(c4ccccc42)c2c(oc4cc(C)c(C)cc4c2=O)C(=O)N3c2nccs2)cc1. The second-order valence-corrected chi connectivity index (χ2v) is 11.0. The molecule has 0 radical (unpaired) electrons. The maximum Gasteiger partial charge on any atom is 0.297 e. The van der Waals surface area contributed by atoms with Crippen molar-refractivity contribution in [1.29, 1.82) is 0 Å². The fourth-order valence-corrected chi connectivity index (χ4v) is 6.47. The van der Waals surface area contributed by atoms with Gasteiger partial charge in [0.15, 0.2) is 16.1 Å². The van der Waals surface area contributed by atoms with Crippen LogP contribution in [0.25, 0.3) is 11.0 Å². The topological polar surface area (TPSA) is 83.7 Å². The summed E-state index contributed by atoms with van der Waals surface area (Å²) < 4.78 is 6.19. The first-order valence-electron chi connectivity index (χ1n) is 12.6. The zero-order chi connectivity index (χ0) is 27.1. The molecule has 2 aliphatic rings. The standard InChI is InChI=1S/C31H23N3O4S/c1-17-8-10-20(11-9-17)16-33-23-7-5-4-6-22(23)31(29(33)37)25-26(35)21-14-18(2)19(3)15-24(21)38-27(25)28(36)34(31)30-32-12-13-39-30/h4-15H,16H2,1-3H3. The van der Waals surface area contributed by atoms with Crippen LogP contribution in [0.3, 0.4) is 0 Å². The monoisotopic (exact) mass is 533 g/mol. The number of fused-ring (bicyclic) bond motifs is 5. The van der Waals surface area contributed by atoms with Gasteiger partial charge in [-0.05, 0) is 55.7 Å². The number of carbonyl (C=O) groups is 2. The van der Waals surface area contributed by atoms with Crippen molar-refractivity contribution in [3.8, 4) is 0 Å². The Kier molecular flexibility index (Phi) is 4.96. The van der Waals surface area contributed by atoms with Crippen LogP contribution in [0.4, 0.5) is 10.8 Å². The predicted molar refractivity (Wildman–Crippen MR) is 150 cm³/mol. The van der Waals surface area contributed by atoms with Gasteiger partial charge in [0, 0.05) is 17.1 Å². The van der Waals surface area contributed by atoms with E-state index in [1.54, 1.807) is 28.6 Å². The highest BCUT2D eigenvalue weighted by atomic mass is 32.1. The highest BCUT2D eigenvalue weighted by Gasteiger charge is 2.66. The number of benzene rings is 3. The van der Waals surface area contributed by atoms with Crippen molar-refractivity contribution in [3.63, 3.8) is 0 Å². The van der Waals surface area contributed by atoms with E-state index in [9.17, 15) is 14.4 Å². The Bertz CT molecular complexity index is 1890. The van der Waals surface area contributed by atoms with E-state index in [2.05, 4.69) is 4.98 Å². The fraction of sp³-hybridized carbons (Fsp3) is 0.161. The van der Waals surface area contributed by atoms with Gasteiger partial charge >= 0.3 is 0 Å². The molecule has 2 amide bonds. The molecule has 0 saturated heterocycles. The molecule has 0 bridgehead atoms. The van der Waals surface area contributed by atoms with E-state index in [-0.39, 0.29) is 29.2 Å². The predicted octanol–water partition coefficient (Wildman–Crippen LogP) is 5.63. The molecule has 0 aliphatic carbocycles. The van der Waals surface area contributed by atoms with Gasteiger partial charge in [-0.1, -0.05) is 48.0 Å². The molecule has 8 heteroatoms. The van der Waals surface area contributed by atoms with Gasteiger partial charge in [0.05, 0.1) is 23.2 Å². The molecule has 4 heterocycles. The number of anilines is 2. The van der Waals surface area contributed by atoms with Gasteiger partial charge in [0.1, 0.15) is 5.58 Å². The van der Waals surface area contributed by atoms with E-state index in [0.29, 0.717) is 27.4 Å². The zero-order valence-corrected chi connectivity index (χ0v) is 22.3. The van der Waals surface area contributed by atoms with E-state index < -0.39 is 11.4 Å². The average Bonchev–Trinajstić information content (AvgIpc) is 3.60. The second kappa shape index (κ2) is 8.22. The maximum atomic E-state index is 14.8. The molecular weight excluding hydrogens is 510 g/mol. The van der Waals surface area contributed by atoms with E-state index in [0.717, 1.165) is 22.3 Å². The molecular formula is C31H23N3O4S. The van der Waals surface area contributed by atoms with Gasteiger partial charge in [-0.3, -0.25) is 19.3 Å². The minimum Gasteiger partial charge on any atom is -0.450 e. The molecule has 3 aromatic carbocycles. The summed E-state index contributed by atoms with van der Waals surface area (Å²) in [6.45, 7) is 6.13. The van der Waals surface area contributed by atoms with Gasteiger partial charge in [-0.2, -0.15) is 0 Å². The first-order valence-corrected chi connectivity index (χ1v) is 13.5. The number of para-hydroxylation sites is 1. The van der Waals surface area contributed by atoms with Crippen LogP contribution in [0.2, 0.25) is 0 Å². The first-order chi connectivity index (χ1) is 18.8. The molecule has 1 spiro atoms. The number of nitrogens with zero attached hydrogens (tertiary/aromatic N) is 3. The van der Waals surface area contributed by atoms with Crippen LogP contribution in [0.1, 0.15) is 43.9 Å². The highest BCUT2D eigenvalue weighted by Crippen LogP contribution is 2.54. The Hall–Kier alpha value is -4.56. The van der Waals surface area contributed by atoms with E-state index in [1.165, 1.54) is 16.2 Å². The third-order valence-corrected chi connectivity index (χ3v) is 8.57. The number of hydrogen-bond acceptors (Lipinski definition) is 6. The summed E-state index contributed by atoms with van der Waals surface area (Å²) in [5.74, 6) is -1.06. The van der Waals surface area contributed by atoms with Crippen molar-refractivity contribution in [3.05, 3.63) is 122 Å². The van der Waals surface area contributed by atoms with Crippen molar-refractivity contribution < 1.29 is 14.0 Å². The van der Waals surface area contributed by atoms with Crippen molar-refractivity contribution >= 4 is 44.9 Å². The summed E-state index contributed by atoms with van der Waals surface area (Å²) in [4.78, 5) is 50.7. The molecule has 0 saturated carbocycles. The van der Waals surface area contributed by atoms with Crippen LogP contribution in [0.5, 0.6) is 0 Å². The Labute approximate surface area is 227 Å². The molecule has 2 aliphatic heterocycles. The lowest BCUT2D eigenvalue weighted by Gasteiger charge is -2.32. The fourth-order valence-electron chi connectivity index (χ4n) is 5.78. The molecule has 2 aromatic heterocycles. The number of carbonyl (C=O) groups excluding carboxylic acids is 2. The van der Waals surface area contributed by atoms with Gasteiger partial charge in [-0.25, -0.2) is 4.98 Å². The van der Waals surface area contributed by atoms with Crippen LogP contribution in [-0.4, -0.2) is 16.8 Å². The Balaban J connectivity index is 1.56. The van der Waals surface area contributed by atoms with Crippen LogP contribution >= 0.6 is 11.3 Å². The maximum absolute atomic E-state index is 14.8. The average molecular weight is 534 g/mol. The largest absolute Gasteiger partial charge is 0.450 e. The summed E-state index contributed by atoms with van der Waals surface area (Å²) in [6.07, 6.45) is 1.58. The quantitative estimate of drug-likeness (QED) is 0.300. The zero-order valence-electron chi connectivity index (χ0n) is 21.5. The Morgan fingerprint density at radius 2 is 1.69 bits per heavy atom. The van der Waals surface area contributed by atoms with Gasteiger partial charge in [0.2, 0.25) is 5.76 Å². The molecule has 7 nitrogen and oxygen atoms in total. The van der Waals surface area contributed by atoms with Crippen LogP contribution in [0, 0.1) is 20.8 Å². The van der Waals surface area contributed by atoms with E-state index in [1.807, 2.05) is 69.3 Å². The summed E-state index contributed by atoms with van der Waals surface area (Å²) >= 11 is 1.23. The molecule has 39 heavy (non-hydrogen) atoms. The van der Waals surface area contributed by atoms with Gasteiger partial charge in [0.25, 0.3) is 11.8 Å². The Morgan fingerprint density at radius 1 is 0.949 bits per heavy atom. The molecule has 0 fully saturated rings. The van der Waals surface area contributed by atoms with Crippen molar-refractivity contribution in [2.75, 3.05) is 9.80 Å². The number of rotatable bonds is 3. The lowest BCUT2D eigenvalue weighted by molar-refractivity contribution is -0.121. The van der Waals surface area contributed by atoms with Crippen LogP contribution < -0.4 is 15.2 Å². The number of aromatic nitrogens is 1. The third-order valence-electron chi connectivity index (χ3n) is 7.81. The Morgan fingerprint density at radius 3 is 2.44 bits per heavy atom. The van der Waals surface area contributed by atoms with Gasteiger partial charge in [-0.15, -0.1) is 11.3 Å². The van der Waals surface area contributed by atoms with Crippen LogP contribution in [-0.2, 0) is 16.9 Å². The first kappa shape index (κ1) is 23.5. The molecule has 7 rings (SSSR count). The van der Waals surface area contributed by atoms with E-state index >= 15 is 0 Å². The van der Waals surface area contributed by atoms with E-state index in [4.69, 9.17) is 4.42 Å². The third kappa shape index (κ3) is 3.09. The summed E-state index contributed by atoms with van der Waals surface area (Å²) in [7, 11) is 0. The van der Waals surface area contributed by atoms with Crippen LogP contribution in [0.15, 0.2) is 81.5 Å². The van der Waals surface area contributed by atoms with Gasteiger partial charge < -0.3 is 9.32 Å². The summed E-state index contributed by atoms with van der Waals surface area (Å²) in [5.41, 5.74) is 3.35. The van der Waals surface area contributed by atoms with Crippen molar-refractivity contribution in [1.82, 2.24) is 4.98 Å². The molecule has 1 unspecified atom stereocenters. The molecule has 1 atom stereocenters. The lowest BCUT2D eigenvalue weighted by atomic mass is 9.84. The highest BCUT2D eigenvalue weighted by molar-refractivity contribution is 7.13. The molecule has 5 aromatic rings. The number of hydrogen-bond donors (Lipinski definition) is 0. The van der Waals surface area contributed by atoms with Crippen molar-refractivity contribution in [2.45, 2.75) is 32.9 Å². The summed E-state index contributed by atoms with van der Waals surface area (Å²) in [5, 5.41) is 2.41. The number of thiazole rings is 1. The smallest absolute Gasteiger partial charge is 0.297 e. The minimum absolute atomic E-state index is 0.0438. The lowest BCUT2D eigenvalue weighted by Crippen LogP contribution is -2.53. The molecule has 192 valence electrons.